The lowest BCUT2D eigenvalue weighted by Gasteiger charge is -2.62. The molecule has 1 heterocycles. The third kappa shape index (κ3) is 5.00. The Morgan fingerprint density at radius 1 is 0.900 bits per heavy atom. The molecule has 228 valence electrons. The molecule has 5 fully saturated rings. The van der Waals surface area contributed by atoms with Crippen molar-refractivity contribution in [2.45, 2.75) is 128 Å². The van der Waals surface area contributed by atoms with Gasteiger partial charge in [0.2, 0.25) is 6.29 Å². The Morgan fingerprint density at radius 3 is 2.27 bits per heavy atom. The molecule has 0 radical (unpaired) electrons. The van der Waals surface area contributed by atoms with Gasteiger partial charge in [0.25, 0.3) is 0 Å². The number of fused-ring (bicyclic) bond motifs is 5. The molecule has 0 spiro atoms. The van der Waals surface area contributed by atoms with Crippen LogP contribution in [0.25, 0.3) is 0 Å². The average molecular weight is 569 g/mol. The van der Waals surface area contributed by atoms with Gasteiger partial charge >= 0.3 is 11.9 Å². The number of aliphatic hydroxyl groups excluding tert-OH is 5. The second-order valence-corrected chi connectivity index (χ2v) is 14.2. The van der Waals surface area contributed by atoms with Crippen LogP contribution in [0.2, 0.25) is 0 Å². The fourth-order valence-corrected chi connectivity index (χ4v) is 10.1. The summed E-state index contributed by atoms with van der Waals surface area (Å²) in [6, 6.07) is 0. The quantitative estimate of drug-likeness (QED) is 0.259. The van der Waals surface area contributed by atoms with Crippen molar-refractivity contribution in [3.63, 3.8) is 0 Å². The van der Waals surface area contributed by atoms with Crippen LogP contribution in [0.3, 0.4) is 0 Å². The number of aliphatic hydroxyl groups is 5. The molecule has 0 bridgehead atoms. The highest BCUT2D eigenvalue weighted by atomic mass is 16.7. The van der Waals surface area contributed by atoms with Gasteiger partial charge in [-0.25, -0.2) is 4.79 Å². The van der Waals surface area contributed by atoms with Crippen LogP contribution >= 0.6 is 0 Å². The first-order valence-corrected chi connectivity index (χ1v) is 15.3. The van der Waals surface area contributed by atoms with E-state index in [1.54, 1.807) is 0 Å². The SMILES string of the molecule is C[C@H](CCC(=O)O[C@H]1O[C@@H](C(=O)O)[C@H](O)[C@@H](O)[C@@H]1O)[C@H]1CC[C@H]2[C@@H]3[C@@H](O)C[C@@H]4C[C@H](O)CC[C@]4(C)[C@H]3CC[C@]12C. The van der Waals surface area contributed by atoms with Crippen molar-refractivity contribution < 1.29 is 49.7 Å². The van der Waals surface area contributed by atoms with Gasteiger partial charge in [-0.3, -0.25) is 4.79 Å². The third-order valence-electron chi connectivity index (χ3n) is 12.3. The molecular weight excluding hydrogens is 520 g/mol. The number of hydrogen-bond acceptors (Lipinski definition) is 9. The van der Waals surface area contributed by atoms with Gasteiger partial charge in [-0.1, -0.05) is 20.8 Å². The Labute approximate surface area is 236 Å². The van der Waals surface area contributed by atoms with Crippen molar-refractivity contribution in [2.24, 2.45) is 46.3 Å². The van der Waals surface area contributed by atoms with E-state index in [1.807, 2.05) is 0 Å². The van der Waals surface area contributed by atoms with Gasteiger partial charge in [0.05, 0.1) is 12.2 Å². The molecule has 10 heteroatoms. The molecule has 4 saturated carbocycles. The highest BCUT2D eigenvalue weighted by Gasteiger charge is 2.63. The Morgan fingerprint density at radius 2 is 1.57 bits per heavy atom. The molecule has 0 amide bonds. The van der Waals surface area contributed by atoms with Gasteiger partial charge < -0.3 is 40.1 Å². The van der Waals surface area contributed by atoms with E-state index >= 15 is 0 Å². The molecule has 1 aliphatic heterocycles. The zero-order valence-corrected chi connectivity index (χ0v) is 23.9. The standard InChI is InChI=1S/C30H48O10/c1-14(4-7-21(33)39-28-25(36)23(34)24(35)26(40-28)27(37)38)17-5-6-18-22-19(9-11-30(17,18)3)29(2)10-8-16(31)12-15(29)13-20(22)32/h14-20,22-26,28,31-32,34-36H,4-13H2,1-3H3,(H,37,38)/t14-,15+,16-,17-,18+,19+,20+,22+,23-,24-,25+,26-,28+,29+,30-/m1/s1. The van der Waals surface area contributed by atoms with Crippen LogP contribution in [-0.2, 0) is 19.1 Å². The number of rotatable bonds is 6. The van der Waals surface area contributed by atoms with Crippen LogP contribution in [0, 0.1) is 46.3 Å². The maximum Gasteiger partial charge on any atom is 0.335 e. The minimum absolute atomic E-state index is 0.0537. The van der Waals surface area contributed by atoms with Crippen LogP contribution in [0.4, 0.5) is 0 Å². The summed E-state index contributed by atoms with van der Waals surface area (Å²) >= 11 is 0. The van der Waals surface area contributed by atoms with Crippen LogP contribution in [0.5, 0.6) is 0 Å². The summed E-state index contributed by atoms with van der Waals surface area (Å²) in [7, 11) is 0. The van der Waals surface area contributed by atoms with E-state index in [9.17, 15) is 40.2 Å². The Balaban J connectivity index is 1.20. The summed E-state index contributed by atoms with van der Waals surface area (Å²) in [4.78, 5) is 24.0. The summed E-state index contributed by atoms with van der Waals surface area (Å²) in [5, 5.41) is 60.9. The normalized spacial score (nSPS) is 51.2. The second-order valence-electron chi connectivity index (χ2n) is 14.2. The van der Waals surface area contributed by atoms with Crippen molar-refractivity contribution in [3.8, 4) is 0 Å². The molecule has 6 N–H and O–H groups in total. The number of aliphatic carboxylic acids is 1. The molecule has 15 atom stereocenters. The van der Waals surface area contributed by atoms with E-state index in [4.69, 9.17) is 9.47 Å². The van der Waals surface area contributed by atoms with E-state index in [1.165, 1.54) is 0 Å². The molecule has 5 aliphatic rings. The number of ether oxygens (including phenoxy) is 2. The number of carboxylic acids is 1. The highest BCUT2D eigenvalue weighted by Crippen LogP contribution is 2.68. The maximum atomic E-state index is 12.7. The van der Waals surface area contributed by atoms with Crippen molar-refractivity contribution in [1.29, 1.82) is 0 Å². The Bertz CT molecular complexity index is 959. The first-order chi connectivity index (χ1) is 18.8. The summed E-state index contributed by atoms with van der Waals surface area (Å²) in [6.45, 7) is 6.93. The maximum absolute atomic E-state index is 12.7. The molecule has 40 heavy (non-hydrogen) atoms. The fraction of sp³-hybridized carbons (Fsp3) is 0.933. The smallest absolute Gasteiger partial charge is 0.335 e. The number of carbonyl (C=O) groups is 2. The van der Waals surface area contributed by atoms with Crippen molar-refractivity contribution in [1.82, 2.24) is 0 Å². The van der Waals surface area contributed by atoms with Crippen molar-refractivity contribution >= 4 is 11.9 Å². The lowest BCUT2D eigenvalue weighted by molar-refractivity contribution is -0.286. The molecule has 0 aromatic rings. The molecular formula is C30H48O10. The largest absolute Gasteiger partial charge is 0.479 e. The minimum Gasteiger partial charge on any atom is -0.479 e. The molecule has 4 aliphatic carbocycles. The van der Waals surface area contributed by atoms with Crippen molar-refractivity contribution in [2.75, 3.05) is 0 Å². The first kappa shape index (κ1) is 30.2. The second kappa shape index (κ2) is 11.1. The van der Waals surface area contributed by atoms with E-state index in [-0.39, 0.29) is 41.3 Å². The van der Waals surface area contributed by atoms with Crippen LogP contribution < -0.4 is 0 Å². The number of hydrogen-bond donors (Lipinski definition) is 6. The van der Waals surface area contributed by atoms with E-state index in [0.29, 0.717) is 30.1 Å². The lowest BCUT2D eigenvalue weighted by Crippen LogP contribution is -2.60. The third-order valence-corrected chi connectivity index (χ3v) is 12.3. The topological polar surface area (TPSA) is 174 Å². The van der Waals surface area contributed by atoms with Gasteiger partial charge in [0.1, 0.15) is 18.3 Å². The summed E-state index contributed by atoms with van der Waals surface area (Å²) in [6.07, 6.45) is -1.15. The van der Waals surface area contributed by atoms with Gasteiger partial charge in [-0.2, -0.15) is 0 Å². The van der Waals surface area contributed by atoms with Gasteiger partial charge in [0.15, 0.2) is 6.10 Å². The predicted octanol–water partition coefficient (Wildman–Crippen LogP) is 1.83. The van der Waals surface area contributed by atoms with Crippen LogP contribution in [-0.4, -0.2) is 85.5 Å². The lowest BCUT2D eigenvalue weighted by atomic mass is 9.43. The average Bonchev–Trinajstić information content (AvgIpc) is 3.25. The number of esters is 1. The summed E-state index contributed by atoms with van der Waals surface area (Å²) in [5.74, 6) is -0.0366. The molecule has 5 rings (SSSR count). The van der Waals surface area contributed by atoms with Crippen LogP contribution in [0.1, 0.15) is 85.0 Å². The molecule has 0 aromatic carbocycles. The Kier molecular flexibility index (Phi) is 8.36. The molecule has 1 saturated heterocycles. The zero-order valence-electron chi connectivity index (χ0n) is 23.9. The number of carbonyl (C=O) groups excluding carboxylic acids is 1. The van der Waals surface area contributed by atoms with Gasteiger partial charge in [-0.15, -0.1) is 0 Å². The molecule has 10 nitrogen and oxygen atoms in total. The Hall–Kier alpha value is -1.30. The summed E-state index contributed by atoms with van der Waals surface area (Å²) < 4.78 is 10.3. The van der Waals surface area contributed by atoms with E-state index in [2.05, 4.69) is 20.8 Å². The van der Waals surface area contributed by atoms with Crippen LogP contribution in [0.15, 0.2) is 0 Å². The van der Waals surface area contributed by atoms with Crippen molar-refractivity contribution in [3.05, 3.63) is 0 Å². The molecule has 0 unspecified atom stereocenters. The summed E-state index contributed by atoms with van der Waals surface area (Å²) in [5.41, 5.74) is 0.243. The van der Waals surface area contributed by atoms with Gasteiger partial charge in [0, 0.05) is 6.42 Å². The van der Waals surface area contributed by atoms with Gasteiger partial charge in [-0.05, 0) is 104 Å². The van der Waals surface area contributed by atoms with E-state index in [0.717, 1.165) is 51.4 Å². The van der Waals surface area contributed by atoms with E-state index < -0.39 is 42.6 Å². The molecule has 0 aromatic heterocycles. The zero-order chi connectivity index (χ0) is 29.1. The first-order valence-electron chi connectivity index (χ1n) is 15.3. The highest BCUT2D eigenvalue weighted by molar-refractivity contribution is 5.73. The monoisotopic (exact) mass is 568 g/mol. The predicted molar refractivity (Wildman–Crippen MR) is 141 cm³/mol. The number of carboxylic acid groups (broad SMARTS) is 1. The minimum atomic E-state index is -1.84. The fourth-order valence-electron chi connectivity index (χ4n) is 10.1.